The van der Waals surface area contributed by atoms with Gasteiger partial charge in [-0.25, -0.2) is 4.79 Å². The minimum absolute atomic E-state index is 0.192. The monoisotopic (exact) mass is 528 g/mol. The summed E-state index contributed by atoms with van der Waals surface area (Å²) in [6.07, 6.45) is 3.49. The molecule has 2 aliphatic rings. The molecule has 1 fully saturated rings. The molecule has 3 atom stereocenters. The summed E-state index contributed by atoms with van der Waals surface area (Å²) in [7, 11) is 0. The second kappa shape index (κ2) is 13.4. The van der Waals surface area contributed by atoms with Crippen LogP contribution >= 0.6 is 0 Å². The SMILES string of the molecule is CCCC(NC(=O)[C@@H]1CCCN1C(=O)[C@@H](NC(=O)OC(CC)CC)C1Cc2ccccc2C1)C(=O)C(N)=O. The highest BCUT2D eigenvalue weighted by Gasteiger charge is 2.43. The third kappa shape index (κ3) is 6.90. The highest BCUT2D eigenvalue weighted by atomic mass is 16.6. The number of ether oxygens (including phenoxy) is 1. The molecule has 208 valence electrons. The van der Waals surface area contributed by atoms with Crippen molar-refractivity contribution in [2.45, 2.75) is 96.4 Å². The van der Waals surface area contributed by atoms with E-state index >= 15 is 0 Å². The molecule has 10 heteroatoms. The molecule has 0 spiro atoms. The standard InChI is InChI=1S/C28H40N4O6/c1-4-10-21(24(33)25(29)34)30-26(35)22-13-9-14-32(22)27(36)23(31-28(37)38-20(5-2)6-3)19-15-17-11-7-8-12-18(17)16-19/h7-8,11-12,19-23H,4-6,9-10,13-16H2,1-3H3,(H2,29,34)(H,30,35)(H,31,37)/t21?,22-,23-/m0/s1. The maximum absolute atomic E-state index is 13.9. The van der Waals surface area contributed by atoms with Gasteiger partial charge in [-0.1, -0.05) is 51.5 Å². The first-order valence-corrected chi connectivity index (χ1v) is 13.7. The predicted octanol–water partition coefficient (Wildman–Crippen LogP) is 2.02. The minimum Gasteiger partial charge on any atom is -0.446 e. The molecule has 4 N–H and O–H groups in total. The number of amides is 4. The zero-order valence-electron chi connectivity index (χ0n) is 22.5. The van der Waals surface area contributed by atoms with Gasteiger partial charge in [0.2, 0.25) is 17.6 Å². The molecule has 1 saturated heterocycles. The molecule has 0 bridgehead atoms. The number of primary amides is 1. The van der Waals surface area contributed by atoms with Crippen molar-refractivity contribution in [3.63, 3.8) is 0 Å². The van der Waals surface area contributed by atoms with E-state index in [0.717, 1.165) is 11.1 Å². The van der Waals surface area contributed by atoms with Crippen LogP contribution in [-0.4, -0.2) is 65.3 Å². The molecule has 38 heavy (non-hydrogen) atoms. The summed E-state index contributed by atoms with van der Waals surface area (Å²) < 4.78 is 5.55. The van der Waals surface area contributed by atoms with Gasteiger partial charge >= 0.3 is 6.09 Å². The number of carbonyl (C=O) groups is 5. The van der Waals surface area contributed by atoms with Crippen molar-refractivity contribution < 1.29 is 28.7 Å². The van der Waals surface area contributed by atoms with E-state index in [1.165, 1.54) is 4.90 Å². The first-order valence-electron chi connectivity index (χ1n) is 13.7. The second-order valence-electron chi connectivity index (χ2n) is 10.2. The highest BCUT2D eigenvalue weighted by molar-refractivity contribution is 6.37. The van der Waals surface area contributed by atoms with Gasteiger partial charge < -0.3 is 26.0 Å². The quantitative estimate of drug-likeness (QED) is 0.354. The van der Waals surface area contributed by atoms with Crippen LogP contribution in [0.4, 0.5) is 4.79 Å². The van der Waals surface area contributed by atoms with E-state index < -0.39 is 41.8 Å². The number of likely N-dealkylation sites (tertiary alicyclic amines) is 1. The van der Waals surface area contributed by atoms with E-state index in [-0.39, 0.29) is 24.3 Å². The fraction of sp³-hybridized carbons (Fsp3) is 0.607. The molecule has 0 radical (unpaired) electrons. The van der Waals surface area contributed by atoms with Gasteiger partial charge in [0.15, 0.2) is 0 Å². The van der Waals surface area contributed by atoms with Gasteiger partial charge in [0, 0.05) is 6.54 Å². The summed E-state index contributed by atoms with van der Waals surface area (Å²) in [6.45, 7) is 6.04. The van der Waals surface area contributed by atoms with E-state index in [2.05, 4.69) is 10.6 Å². The number of Topliss-reactive ketones (excluding diaryl/α,β-unsaturated/α-hetero) is 1. The number of fused-ring (bicyclic) bond motifs is 1. The van der Waals surface area contributed by atoms with Crippen molar-refractivity contribution in [2.75, 3.05) is 6.54 Å². The number of benzene rings is 1. The molecule has 1 aromatic rings. The number of nitrogens with one attached hydrogen (secondary N) is 2. The highest BCUT2D eigenvalue weighted by Crippen LogP contribution is 2.31. The smallest absolute Gasteiger partial charge is 0.408 e. The Morgan fingerprint density at radius 3 is 2.21 bits per heavy atom. The lowest BCUT2D eigenvalue weighted by atomic mass is 9.95. The number of ketones is 1. The lowest BCUT2D eigenvalue weighted by molar-refractivity contribution is -0.142. The van der Waals surface area contributed by atoms with Crippen LogP contribution in [0.1, 0.15) is 70.4 Å². The van der Waals surface area contributed by atoms with Crippen LogP contribution in [0.3, 0.4) is 0 Å². The van der Waals surface area contributed by atoms with Crippen LogP contribution in [0.25, 0.3) is 0 Å². The molecule has 1 unspecified atom stereocenters. The van der Waals surface area contributed by atoms with Gasteiger partial charge in [-0.15, -0.1) is 0 Å². The number of hydrogen-bond acceptors (Lipinski definition) is 6. The number of nitrogens with zero attached hydrogens (tertiary/aromatic N) is 1. The molecule has 0 aromatic heterocycles. The van der Waals surface area contributed by atoms with Crippen LogP contribution in [0.2, 0.25) is 0 Å². The van der Waals surface area contributed by atoms with Crippen LogP contribution in [-0.2, 0) is 36.8 Å². The average Bonchev–Trinajstić information content (AvgIpc) is 3.56. The third-order valence-electron chi connectivity index (χ3n) is 7.57. The van der Waals surface area contributed by atoms with Crippen LogP contribution in [0.15, 0.2) is 24.3 Å². The Kier molecular flexibility index (Phi) is 10.3. The molecule has 10 nitrogen and oxygen atoms in total. The zero-order valence-corrected chi connectivity index (χ0v) is 22.5. The fourth-order valence-electron chi connectivity index (χ4n) is 5.46. The summed E-state index contributed by atoms with van der Waals surface area (Å²) in [6, 6.07) is 5.23. The van der Waals surface area contributed by atoms with Gasteiger partial charge in [0.1, 0.15) is 18.2 Å². The lowest BCUT2D eigenvalue weighted by Crippen LogP contribution is -2.58. The van der Waals surface area contributed by atoms with Crippen molar-refractivity contribution in [1.82, 2.24) is 15.5 Å². The van der Waals surface area contributed by atoms with E-state index in [0.29, 0.717) is 51.5 Å². The van der Waals surface area contributed by atoms with E-state index in [4.69, 9.17) is 10.5 Å². The topological polar surface area (TPSA) is 148 Å². The van der Waals surface area contributed by atoms with Crippen molar-refractivity contribution in [3.8, 4) is 0 Å². The van der Waals surface area contributed by atoms with Gasteiger partial charge in [-0.05, 0) is 62.0 Å². The fourth-order valence-corrected chi connectivity index (χ4v) is 5.46. The van der Waals surface area contributed by atoms with Gasteiger partial charge in [0.25, 0.3) is 5.91 Å². The lowest BCUT2D eigenvalue weighted by Gasteiger charge is -2.32. The Labute approximate surface area is 224 Å². The molecule has 1 aromatic carbocycles. The summed E-state index contributed by atoms with van der Waals surface area (Å²) in [4.78, 5) is 65.2. The normalized spacial score (nSPS) is 18.5. The number of carbonyl (C=O) groups excluding carboxylic acids is 5. The number of rotatable bonds is 12. The first-order chi connectivity index (χ1) is 18.2. The molecule has 1 aliphatic carbocycles. The van der Waals surface area contributed by atoms with Gasteiger partial charge in [-0.3, -0.25) is 19.2 Å². The van der Waals surface area contributed by atoms with Crippen molar-refractivity contribution in [1.29, 1.82) is 0 Å². The van der Waals surface area contributed by atoms with Crippen molar-refractivity contribution in [2.24, 2.45) is 11.7 Å². The number of alkyl carbamates (subject to hydrolysis) is 1. The van der Waals surface area contributed by atoms with E-state index in [1.807, 2.05) is 45.0 Å². The maximum Gasteiger partial charge on any atom is 0.408 e. The summed E-state index contributed by atoms with van der Waals surface area (Å²) in [5, 5.41) is 5.46. The summed E-state index contributed by atoms with van der Waals surface area (Å²) in [5.41, 5.74) is 7.43. The van der Waals surface area contributed by atoms with Crippen LogP contribution in [0.5, 0.6) is 0 Å². The number of hydrogen-bond donors (Lipinski definition) is 3. The second-order valence-corrected chi connectivity index (χ2v) is 10.2. The zero-order chi connectivity index (χ0) is 27.8. The molecule has 1 heterocycles. The van der Waals surface area contributed by atoms with Gasteiger partial charge in [-0.2, -0.15) is 0 Å². The Morgan fingerprint density at radius 2 is 1.66 bits per heavy atom. The molecule has 0 saturated carbocycles. The van der Waals surface area contributed by atoms with Crippen LogP contribution in [0, 0.1) is 5.92 Å². The Bertz CT molecular complexity index is 1010. The van der Waals surface area contributed by atoms with Gasteiger partial charge in [0.05, 0.1) is 6.04 Å². The largest absolute Gasteiger partial charge is 0.446 e. The molecule has 1 aliphatic heterocycles. The third-order valence-corrected chi connectivity index (χ3v) is 7.57. The average molecular weight is 529 g/mol. The summed E-state index contributed by atoms with van der Waals surface area (Å²) in [5.74, 6) is -3.01. The van der Waals surface area contributed by atoms with Crippen molar-refractivity contribution >= 4 is 29.6 Å². The first kappa shape index (κ1) is 29.1. The van der Waals surface area contributed by atoms with E-state index in [1.54, 1.807) is 0 Å². The Morgan fingerprint density at radius 1 is 1.03 bits per heavy atom. The number of nitrogens with two attached hydrogens (primary N) is 1. The maximum atomic E-state index is 13.9. The molecular formula is C28H40N4O6. The Hall–Kier alpha value is -3.43. The molecule has 3 rings (SSSR count). The predicted molar refractivity (Wildman–Crippen MR) is 141 cm³/mol. The van der Waals surface area contributed by atoms with Crippen LogP contribution < -0.4 is 16.4 Å². The minimum atomic E-state index is -1.11. The molecule has 4 amide bonds. The Balaban J connectivity index is 1.80. The summed E-state index contributed by atoms with van der Waals surface area (Å²) >= 11 is 0. The van der Waals surface area contributed by atoms with E-state index in [9.17, 15) is 24.0 Å². The molecular weight excluding hydrogens is 488 g/mol. The van der Waals surface area contributed by atoms with Crippen molar-refractivity contribution in [3.05, 3.63) is 35.4 Å².